The first-order valence-corrected chi connectivity index (χ1v) is 14.6. The molecule has 2 heterocycles. The molecule has 2 saturated heterocycles. The highest BCUT2D eigenvalue weighted by molar-refractivity contribution is 6.32. The Morgan fingerprint density at radius 2 is 1.79 bits per heavy atom. The number of hydrogen-bond donors (Lipinski definition) is 1. The molecule has 39 heavy (non-hydrogen) atoms. The molecule has 1 N–H and O–H groups in total. The topological polar surface area (TPSA) is 71.5 Å². The number of β-amino-alcohol motifs (C(OH)–C–C–N with tert-alkyl or cyclic N) is 1. The first-order valence-electron chi connectivity index (χ1n) is 14.2. The van der Waals surface area contributed by atoms with Crippen LogP contribution in [0.3, 0.4) is 0 Å². The van der Waals surface area contributed by atoms with E-state index in [2.05, 4.69) is 11.0 Å². The number of halogens is 1. The van der Waals surface area contributed by atoms with Gasteiger partial charge in [0, 0.05) is 37.6 Å². The van der Waals surface area contributed by atoms with Crippen LogP contribution in [0.1, 0.15) is 61.6 Å². The summed E-state index contributed by atoms with van der Waals surface area (Å²) in [5.41, 5.74) is 2.13. The summed E-state index contributed by atoms with van der Waals surface area (Å²) in [6.45, 7) is 8.44. The lowest BCUT2D eigenvalue weighted by Crippen LogP contribution is -2.51. The normalized spacial score (nSPS) is 20.5. The van der Waals surface area contributed by atoms with E-state index in [9.17, 15) is 9.90 Å². The molecule has 0 aromatic heterocycles. The van der Waals surface area contributed by atoms with E-state index in [0.717, 1.165) is 79.2 Å². The van der Waals surface area contributed by atoms with E-state index in [-0.39, 0.29) is 12.5 Å². The molecule has 0 saturated carbocycles. The number of rotatable bonds is 11. The standard InChI is InChI=1S/C31H43ClN2O5/c1-23-17-26(18-24(2)30(23)32)39-22-31(36)12-7-13-33(21-31)20-25-10-11-27(28(19-25)37-3)38-16-8-15-34-14-6-4-5-9-29(34)35/h10-11,17-19,36H,4-9,12-16,20-22H2,1-3H3/t31-/m0/s1. The SMILES string of the molecule is COc1cc(CN2CCC[C@@](O)(COc3cc(C)c(Cl)c(C)c3)C2)ccc1OCCCN1CCCCCC1=O. The van der Waals surface area contributed by atoms with Crippen LogP contribution in [0.4, 0.5) is 0 Å². The minimum atomic E-state index is -0.915. The largest absolute Gasteiger partial charge is 0.493 e. The molecular weight excluding hydrogens is 516 g/mol. The Morgan fingerprint density at radius 1 is 1.00 bits per heavy atom. The summed E-state index contributed by atoms with van der Waals surface area (Å²) < 4.78 is 17.7. The number of carbonyl (C=O) groups is 1. The number of aliphatic hydroxyl groups is 1. The Bertz CT molecular complexity index is 1100. The molecule has 7 nitrogen and oxygen atoms in total. The maximum Gasteiger partial charge on any atom is 0.222 e. The van der Waals surface area contributed by atoms with Crippen molar-refractivity contribution in [3.05, 3.63) is 52.0 Å². The van der Waals surface area contributed by atoms with Crippen LogP contribution in [0.2, 0.25) is 5.02 Å². The van der Waals surface area contributed by atoms with Gasteiger partial charge in [-0.25, -0.2) is 0 Å². The summed E-state index contributed by atoms with van der Waals surface area (Å²) in [5, 5.41) is 12.1. The summed E-state index contributed by atoms with van der Waals surface area (Å²) in [6.07, 6.45) is 6.29. The second-order valence-electron chi connectivity index (χ2n) is 11.1. The van der Waals surface area contributed by atoms with Crippen LogP contribution in [0.25, 0.3) is 0 Å². The Morgan fingerprint density at radius 3 is 2.56 bits per heavy atom. The quantitative estimate of drug-likeness (QED) is 0.365. The minimum absolute atomic E-state index is 0.239. The zero-order chi connectivity index (χ0) is 27.8. The van der Waals surface area contributed by atoms with Crippen molar-refractivity contribution in [2.45, 2.75) is 70.9 Å². The molecule has 0 aliphatic carbocycles. The van der Waals surface area contributed by atoms with E-state index in [1.54, 1.807) is 7.11 Å². The Labute approximate surface area is 238 Å². The van der Waals surface area contributed by atoms with Crippen LogP contribution in [-0.2, 0) is 11.3 Å². The number of carbonyl (C=O) groups excluding carboxylic acids is 1. The molecule has 2 aliphatic heterocycles. The average Bonchev–Trinajstić information content (AvgIpc) is 3.12. The Kier molecular flexibility index (Phi) is 10.4. The summed E-state index contributed by atoms with van der Waals surface area (Å²) in [6, 6.07) is 9.86. The Hall–Kier alpha value is -2.48. The lowest BCUT2D eigenvalue weighted by atomic mass is 9.93. The van der Waals surface area contributed by atoms with E-state index in [4.69, 9.17) is 25.8 Å². The second-order valence-corrected chi connectivity index (χ2v) is 11.5. The molecule has 2 fully saturated rings. The smallest absolute Gasteiger partial charge is 0.222 e. The monoisotopic (exact) mass is 558 g/mol. The number of amides is 1. The lowest BCUT2D eigenvalue weighted by Gasteiger charge is -2.39. The summed E-state index contributed by atoms with van der Waals surface area (Å²) in [7, 11) is 1.65. The molecule has 8 heteroatoms. The fraction of sp³-hybridized carbons (Fsp3) is 0.581. The molecule has 2 aromatic carbocycles. The van der Waals surface area contributed by atoms with Crippen molar-refractivity contribution < 1.29 is 24.1 Å². The first-order chi connectivity index (χ1) is 18.8. The minimum Gasteiger partial charge on any atom is -0.493 e. The van der Waals surface area contributed by atoms with Gasteiger partial charge in [-0.05, 0) is 93.5 Å². The van der Waals surface area contributed by atoms with E-state index in [1.807, 2.05) is 43.0 Å². The molecule has 0 spiro atoms. The van der Waals surface area contributed by atoms with Crippen molar-refractivity contribution in [2.75, 3.05) is 46.5 Å². The third-order valence-electron chi connectivity index (χ3n) is 7.69. The molecular formula is C31H43ClN2O5. The van der Waals surface area contributed by atoms with E-state index < -0.39 is 5.60 Å². The first kappa shape index (κ1) is 29.5. The predicted octanol–water partition coefficient (Wildman–Crippen LogP) is 5.54. The molecule has 2 aliphatic rings. The van der Waals surface area contributed by atoms with Crippen molar-refractivity contribution in [3.8, 4) is 17.2 Å². The second kappa shape index (κ2) is 13.7. The van der Waals surface area contributed by atoms with Crippen LogP contribution >= 0.6 is 11.6 Å². The zero-order valence-electron chi connectivity index (χ0n) is 23.6. The maximum atomic E-state index is 12.2. The number of ether oxygens (including phenoxy) is 3. The third-order valence-corrected chi connectivity index (χ3v) is 8.28. The molecule has 0 unspecified atom stereocenters. The summed E-state index contributed by atoms with van der Waals surface area (Å²) in [5.74, 6) is 2.40. The number of piperidine rings is 1. The van der Waals surface area contributed by atoms with E-state index in [0.29, 0.717) is 44.0 Å². The van der Waals surface area contributed by atoms with E-state index in [1.165, 1.54) is 0 Å². The molecule has 2 aromatic rings. The average molecular weight is 559 g/mol. The van der Waals surface area contributed by atoms with Gasteiger partial charge < -0.3 is 24.2 Å². The van der Waals surface area contributed by atoms with Crippen molar-refractivity contribution in [2.24, 2.45) is 0 Å². The van der Waals surface area contributed by atoms with Gasteiger partial charge in [-0.1, -0.05) is 24.1 Å². The van der Waals surface area contributed by atoms with Crippen LogP contribution in [0.15, 0.2) is 30.3 Å². The molecule has 1 amide bonds. The number of nitrogens with zero attached hydrogens (tertiary/aromatic N) is 2. The van der Waals surface area contributed by atoms with Crippen molar-refractivity contribution in [3.63, 3.8) is 0 Å². The van der Waals surface area contributed by atoms with E-state index >= 15 is 0 Å². The maximum absolute atomic E-state index is 12.2. The van der Waals surface area contributed by atoms with Crippen molar-refractivity contribution >= 4 is 17.5 Å². The molecule has 1 atom stereocenters. The highest BCUT2D eigenvalue weighted by Crippen LogP contribution is 2.31. The van der Waals surface area contributed by atoms with Gasteiger partial charge in [0.05, 0.1) is 13.7 Å². The molecule has 4 rings (SSSR count). The number of likely N-dealkylation sites (tertiary alicyclic amines) is 2. The fourth-order valence-electron chi connectivity index (χ4n) is 5.57. The van der Waals surface area contributed by atoms with Crippen LogP contribution < -0.4 is 14.2 Å². The van der Waals surface area contributed by atoms with Gasteiger partial charge in [0.1, 0.15) is 18.0 Å². The number of hydrogen-bond acceptors (Lipinski definition) is 6. The van der Waals surface area contributed by atoms with Crippen LogP contribution in [0, 0.1) is 13.8 Å². The van der Waals surface area contributed by atoms with Crippen LogP contribution in [0.5, 0.6) is 17.2 Å². The lowest BCUT2D eigenvalue weighted by molar-refractivity contribution is -0.130. The van der Waals surface area contributed by atoms with Gasteiger partial charge in [0.15, 0.2) is 11.5 Å². The number of benzene rings is 2. The number of aryl methyl sites for hydroxylation is 2. The van der Waals surface area contributed by atoms with Gasteiger partial charge >= 0.3 is 0 Å². The van der Waals surface area contributed by atoms with Gasteiger partial charge in [-0.2, -0.15) is 0 Å². The number of methoxy groups -OCH3 is 1. The van der Waals surface area contributed by atoms with Gasteiger partial charge in [0.2, 0.25) is 5.91 Å². The van der Waals surface area contributed by atoms with Crippen molar-refractivity contribution in [1.82, 2.24) is 9.80 Å². The Balaban J connectivity index is 1.28. The third kappa shape index (κ3) is 8.26. The van der Waals surface area contributed by atoms with Crippen molar-refractivity contribution in [1.29, 1.82) is 0 Å². The molecule has 0 bridgehead atoms. The highest BCUT2D eigenvalue weighted by Gasteiger charge is 2.34. The molecule has 214 valence electrons. The summed E-state index contributed by atoms with van der Waals surface area (Å²) >= 11 is 6.28. The van der Waals surface area contributed by atoms with Gasteiger partial charge in [-0.15, -0.1) is 0 Å². The predicted molar refractivity (Wildman–Crippen MR) is 154 cm³/mol. The van der Waals surface area contributed by atoms with Crippen LogP contribution in [-0.4, -0.2) is 72.9 Å². The summed E-state index contributed by atoms with van der Waals surface area (Å²) in [4.78, 5) is 16.4. The fourth-order valence-corrected chi connectivity index (χ4v) is 5.68. The zero-order valence-corrected chi connectivity index (χ0v) is 24.4. The van der Waals surface area contributed by atoms with Gasteiger partial charge in [0.25, 0.3) is 0 Å². The van der Waals surface area contributed by atoms with Gasteiger partial charge in [-0.3, -0.25) is 9.69 Å². The molecule has 0 radical (unpaired) electrons. The highest BCUT2D eigenvalue weighted by atomic mass is 35.5.